The molecule has 2 heterocycles. The van der Waals surface area contributed by atoms with Gasteiger partial charge in [-0.25, -0.2) is 0 Å². The van der Waals surface area contributed by atoms with E-state index in [4.69, 9.17) is 11.6 Å². The second kappa shape index (κ2) is 8.53. The van der Waals surface area contributed by atoms with Crippen LogP contribution in [0.25, 0.3) is 5.69 Å². The quantitative estimate of drug-likeness (QED) is 0.774. The molecule has 1 aromatic carbocycles. The average Bonchev–Trinajstić information content (AvgIpc) is 3.01. The number of hydrogen-bond donors (Lipinski definition) is 0. The number of carbonyl (C=O) groups is 1. The minimum atomic E-state index is 0.183. The van der Waals surface area contributed by atoms with Crippen LogP contribution < -0.4 is 0 Å². The minimum Gasteiger partial charge on any atom is -0.342 e. The Bertz CT molecular complexity index is 683. The topological polar surface area (TPSA) is 51.0 Å². The second-order valence-corrected chi connectivity index (χ2v) is 7.28. The molecular weight excluding hydrogens is 344 g/mol. The molecule has 1 saturated heterocycles. The molecular formula is C17H21ClN4OS. The smallest absolute Gasteiger partial charge is 0.233 e. The fourth-order valence-electron chi connectivity index (χ4n) is 2.84. The maximum Gasteiger partial charge on any atom is 0.233 e. The van der Waals surface area contributed by atoms with Crippen LogP contribution in [0, 0.1) is 0 Å². The summed E-state index contributed by atoms with van der Waals surface area (Å²) in [6, 6.07) is 7.51. The number of carbonyl (C=O) groups excluding carboxylic acids is 1. The Kier molecular flexibility index (Phi) is 6.15. The molecule has 128 valence electrons. The van der Waals surface area contributed by atoms with Crippen LogP contribution >= 0.6 is 23.4 Å². The predicted octanol–water partition coefficient (Wildman–Crippen LogP) is 3.81. The Morgan fingerprint density at radius 2 is 1.92 bits per heavy atom. The first kappa shape index (κ1) is 17.3. The lowest BCUT2D eigenvalue weighted by Gasteiger charge is -2.24. The van der Waals surface area contributed by atoms with Crippen LogP contribution in [0.3, 0.4) is 0 Å². The summed E-state index contributed by atoms with van der Waals surface area (Å²) in [5.74, 6) is 0.571. The molecule has 1 amide bonds. The molecule has 3 rings (SSSR count). The summed E-state index contributed by atoms with van der Waals surface area (Å²) in [5, 5.41) is 9.47. The molecule has 0 spiro atoms. The van der Waals surface area contributed by atoms with E-state index >= 15 is 0 Å². The van der Waals surface area contributed by atoms with E-state index in [0.717, 1.165) is 31.6 Å². The van der Waals surface area contributed by atoms with E-state index < -0.39 is 0 Å². The van der Waals surface area contributed by atoms with Gasteiger partial charge in [0, 0.05) is 18.1 Å². The average molecular weight is 365 g/mol. The third-order valence-electron chi connectivity index (χ3n) is 4.14. The Morgan fingerprint density at radius 1 is 1.17 bits per heavy atom. The molecule has 1 aliphatic rings. The van der Waals surface area contributed by atoms with Crippen molar-refractivity contribution in [2.24, 2.45) is 0 Å². The van der Waals surface area contributed by atoms with E-state index in [1.165, 1.54) is 31.0 Å². The van der Waals surface area contributed by atoms with Crippen molar-refractivity contribution in [3.63, 3.8) is 0 Å². The van der Waals surface area contributed by atoms with Gasteiger partial charge in [0.25, 0.3) is 0 Å². The number of benzene rings is 1. The number of amides is 1. The highest BCUT2D eigenvalue weighted by Gasteiger charge is 2.17. The molecule has 0 aliphatic carbocycles. The Balaban J connectivity index is 1.62. The summed E-state index contributed by atoms with van der Waals surface area (Å²) >= 11 is 7.47. The van der Waals surface area contributed by atoms with E-state index in [1.807, 2.05) is 33.7 Å². The number of likely N-dealkylation sites (tertiary alicyclic amines) is 1. The third-order valence-corrected chi connectivity index (χ3v) is 5.30. The van der Waals surface area contributed by atoms with Gasteiger partial charge >= 0.3 is 0 Å². The molecule has 1 fully saturated rings. The van der Waals surface area contributed by atoms with Gasteiger partial charge in [0.15, 0.2) is 5.16 Å². The van der Waals surface area contributed by atoms with Crippen LogP contribution in [0.1, 0.15) is 32.1 Å². The first-order chi connectivity index (χ1) is 11.7. The molecule has 7 heteroatoms. The van der Waals surface area contributed by atoms with E-state index in [9.17, 15) is 4.79 Å². The third kappa shape index (κ3) is 4.51. The van der Waals surface area contributed by atoms with Gasteiger partial charge in [0.1, 0.15) is 6.33 Å². The van der Waals surface area contributed by atoms with E-state index in [-0.39, 0.29) is 5.91 Å². The molecule has 5 nitrogen and oxygen atoms in total. The van der Waals surface area contributed by atoms with Crippen molar-refractivity contribution in [3.8, 4) is 5.69 Å². The number of thioether (sulfide) groups is 1. The molecule has 0 bridgehead atoms. The molecule has 0 atom stereocenters. The van der Waals surface area contributed by atoms with Gasteiger partial charge in [0.05, 0.1) is 11.4 Å². The zero-order valence-electron chi connectivity index (χ0n) is 13.5. The first-order valence-electron chi connectivity index (χ1n) is 8.30. The summed E-state index contributed by atoms with van der Waals surface area (Å²) < 4.78 is 1.86. The molecule has 1 aromatic heterocycles. The lowest BCUT2D eigenvalue weighted by molar-refractivity contribution is -0.128. The number of hydrogen-bond acceptors (Lipinski definition) is 4. The van der Waals surface area contributed by atoms with Crippen LogP contribution in [0.15, 0.2) is 35.7 Å². The zero-order valence-corrected chi connectivity index (χ0v) is 15.1. The minimum absolute atomic E-state index is 0.183. The van der Waals surface area contributed by atoms with Crippen molar-refractivity contribution in [3.05, 3.63) is 35.6 Å². The van der Waals surface area contributed by atoms with Gasteiger partial charge in [-0.1, -0.05) is 48.7 Å². The summed E-state index contributed by atoms with van der Waals surface area (Å²) in [6.45, 7) is 1.75. The number of rotatable bonds is 4. The van der Waals surface area contributed by atoms with Crippen molar-refractivity contribution in [1.82, 2.24) is 19.7 Å². The van der Waals surface area contributed by atoms with Crippen LogP contribution in [-0.4, -0.2) is 44.4 Å². The van der Waals surface area contributed by atoms with Crippen LogP contribution in [0.5, 0.6) is 0 Å². The van der Waals surface area contributed by atoms with Gasteiger partial charge < -0.3 is 4.90 Å². The molecule has 0 radical (unpaired) electrons. The predicted molar refractivity (Wildman–Crippen MR) is 96.8 cm³/mol. The largest absolute Gasteiger partial charge is 0.342 e. The SMILES string of the molecule is O=C(CSc1nncn1-c1cccc(Cl)c1)N1CCCCCCC1. The first-order valence-corrected chi connectivity index (χ1v) is 9.67. The standard InChI is InChI=1S/C17H21ClN4OS/c18-14-7-6-8-15(11-14)22-13-19-20-17(22)24-12-16(23)21-9-4-2-1-3-5-10-21/h6-8,11,13H,1-5,9-10,12H2. The highest BCUT2D eigenvalue weighted by Crippen LogP contribution is 2.22. The molecule has 2 aromatic rings. The summed E-state index contributed by atoms with van der Waals surface area (Å²) in [5.41, 5.74) is 0.897. The highest BCUT2D eigenvalue weighted by molar-refractivity contribution is 7.99. The molecule has 0 saturated carbocycles. The monoisotopic (exact) mass is 364 g/mol. The van der Waals surface area contributed by atoms with Crippen molar-refractivity contribution >= 4 is 29.3 Å². The van der Waals surface area contributed by atoms with E-state index in [2.05, 4.69) is 10.2 Å². The lowest BCUT2D eigenvalue weighted by atomic mass is 10.1. The van der Waals surface area contributed by atoms with Gasteiger partial charge in [-0.2, -0.15) is 0 Å². The number of nitrogens with zero attached hydrogens (tertiary/aromatic N) is 4. The second-order valence-electron chi connectivity index (χ2n) is 5.90. The summed E-state index contributed by atoms with van der Waals surface area (Å²) in [4.78, 5) is 14.5. The van der Waals surface area contributed by atoms with Crippen molar-refractivity contribution in [2.45, 2.75) is 37.3 Å². The van der Waals surface area contributed by atoms with Crippen molar-refractivity contribution in [2.75, 3.05) is 18.8 Å². The Morgan fingerprint density at radius 3 is 2.67 bits per heavy atom. The molecule has 1 aliphatic heterocycles. The van der Waals surface area contributed by atoms with Crippen LogP contribution in [0.2, 0.25) is 5.02 Å². The van der Waals surface area contributed by atoms with E-state index in [0.29, 0.717) is 15.9 Å². The maximum absolute atomic E-state index is 12.5. The normalized spacial score (nSPS) is 15.8. The highest BCUT2D eigenvalue weighted by atomic mass is 35.5. The van der Waals surface area contributed by atoms with Crippen LogP contribution in [0.4, 0.5) is 0 Å². The molecule has 0 N–H and O–H groups in total. The van der Waals surface area contributed by atoms with E-state index in [1.54, 1.807) is 6.33 Å². The summed E-state index contributed by atoms with van der Waals surface area (Å²) in [7, 11) is 0. The number of halogens is 1. The Hall–Kier alpha value is -1.53. The zero-order chi connectivity index (χ0) is 16.8. The van der Waals surface area contributed by atoms with Crippen molar-refractivity contribution in [1.29, 1.82) is 0 Å². The Labute approximate surface area is 151 Å². The van der Waals surface area contributed by atoms with Gasteiger partial charge in [-0.05, 0) is 31.0 Å². The van der Waals surface area contributed by atoms with Gasteiger partial charge in [0.2, 0.25) is 5.91 Å². The lowest BCUT2D eigenvalue weighted by Crippen LogP contribution is -2.35. The summed E-state index contributed by atoms with van der Waals surface area (Å²) in [6.07, 6.45) is 7.60. The fourth-order valence-corrected chi connectivity index (χ4v) is 3.86. The van der Waals surface area contributed by atoms with Gasteiger partial charge in [-0.3, -0.25) is 9.36 Å². The molecule has 0 unspecified atom stereocenters. The molecule has 24 heavy (non-hydrogen) atoms. The maximum atomic E-state index is 12.5. The van der Waals surface area contributed by atoms with Crippen molar-refractivity contribution < 1.29 is 4.79 Å². The number of aromatic nitrogens is 3. The van der Waals surface area contributed by atoms with Gasteiger partial charge in [-0.15, -0.1) is 10.2 Å². The fraction of sp³-hybridized carbons (Fsp3) is 0.471. The van der Waals surface area contributed by atoms with Crippen LogP contribution in [-0.2, 0) is 4.79 Å².